The van der Waals surface area contributed by atoms with Gasteiger partial charge >= 0.3 is 6.18 Å². The number of hydrogen-bond acceptors (Lipinski definition) is 3. The van der Waals surface area contributed by atoms with Crippen molar-refractivity contribution in [1.29, 1.82) is 0 Å². The number of imidazole rings is 1. The van der Waals surface area contributed by atoms with Gasteiger partial charge in [-0.05, 0) is 86.7 Å². The molecule has 2 amide bonds. The number of likely N-dealkylation sites (tertiary alicyclic amines) is 1. The van der Waals surface area contributed by atoms with Crippen LogP contribution in [0.3, 0.4) is 0 Å². The van der Waals surface area contributed by atoms with Crippen molar-refractivity contribution in [3.63, 3.8) is 0 Å². The number of fused-ring (bicyclic) bond motifs is 1. The molecule has 1 unspecified atom stereocenters. The number of alkyl halides is 3. The molecule has 0 spiro atoms. The van der Waals surface area contributed by atoms with Crippen LogP contribution in [0.1, 0.15) is 68.3 Å². The Bertz CT molecular complexity index is 1120. The molecule has 9 heteroatoms. The Morgan fingerprint density at radius 3 is 2.43 bits per heavy atom. The van der Waals surface area contributed by atoms with E-state index in [0.717, 1.165) is 37.0 Å². The first-order valence-corrected chi connectivity index (χ1v) is 12.8. The van der Waals surface area contributed by atoms with Crippen LogP contribution in [0.5, 0.6) is 0 Å². The van der Waals surface area contributed by atoms with Crippen LogP contribution < -0.4 is 5.32 Å². The Morgan fingerprint density at radius 2 is 1.77 bits per heavy atom. The van der Waals surface area contributed by atoms with Crippen LogP contribution in [0, 0.1) is 29.1 Å². The van der Waals surface area contributed by atoms with E-state index in [1.807, 2.05) is 0 Å². The molecule has 35 heavy (non-hydrogen) atoms. The van der Waals surface area contributed by atoms with Crippen molar-refractivity contribution in [3.8, 4) is 0 Å². The number of amides is 2. The van der Waals surface area contributed by atoms with Gasteiger partial charge in [-0.15, -0.1) is 0 Å². The fraction of sp³-hybridized carbons (Fsp3) is 0.654. The molecule has 5 aliphatic rings. The van der Waals surface area contributed by atoms with E-state index in [-0.39, 0.29) is 36.5 Å². The van der Waals surface area contributed by atoms with Crippen molar-refractivity contribution >= 4 is 23.3 Å². The first-order chi connectivity index (χ1) is 16.7. The van der Waals surface area contributed by atoms with Gasteiger partial charge in [0.1, 0.15) is 17.2 Å². The maximum Gasteiger partial charge on any atom is 0.393 e. The smallest absolute Gasteiger partial charge is 0.337 e. The zero-order chi connectivity index (χ0) is 24.4. The van der Waals surface area contributed by atoms with E-state index in [0.29, 0.717) is 24.3 Å². The van der Waals surface area contributed by atoms with Crippen LogP contribution in [-0.4, -0.2) is 45.4 Å². The Kier molecular flexibility index (Phi) is 5.38. The maximum absolute atomic E-state index is 13.2. The minimum Gasteiger partial charge on any atom is -0.337 e. The van der Waals surface area contributed by atoms with Crippen LogP contribution in [0.15, 0.2) is 24.4 Å². The number of nitrogens with zero attached hydrogens (tertiary/aromatic N) is 3. The zero-order valence-electron chi connectivity index (χ0n) is 19.7. The van der Waals surface area contributed by atoms with Crippen molar-refractivity contribution in [3.05, 3.63) is 30.1 Å². The number of anilines is 1. The lowest BCUT2D eigenvalue weighted by Gasteiger charge is -2.56. The lowest BCUT2D eigenvalue weighted by molar-refractivity contribution is -0.184. The van der Waals surface area contributed by atoms with E-state index in [1.165, 1.54) is 30.4 Å². The van der Waals surface area contributed by atoms with Crippen LogP contribution in [0.25, 0.3) is 5.65 Å². The quantitative estimate of drug-likeness (QED) is 0.636. The molecule has 4 bridgehead atoms. The Morgan fingerprint density at radius 1 is 1.09 bits per heavy atom. The monoisotopic (exact) mass is 488 g/mol. The van der Waals surface area contributed by atoms with E-state index >= 15 is 0 Å². The summed E-state index contributed by atoms with van der Waals surface area (Å²) in [6.07, 6.45) is 5.50. The van der Waals surface area contributed by atoms with Gasteiger partial charge in [0, 0.05) is 25.7 Å². The highest BCUT2D eigenvalue weighted by Gasteiger charge is 2.51. The second-order valence-corrected chi connectivity index (χ2v) is 11.5. The zero-order valence-corrected chi connectivity index (χ0v) is 19.7. The van der Waals surface area contributed by atoms with Gasteiger partial charge < -0.3 is 10.2 Å². The summed E-state index contributed by atoms with van der Waals surface area (Å²) in [5.41, 5.74) is 0.687. The lowest BCUT2D eigenvalue weighted by atomic mass is 9.49. The molecule has 4 aliphatic carbocycles. The molecule has 6 nitrogen and oxygen atoms in total. The van der Waals surface area contributed by atoms with Crippen molar-refractivity contribution in [2.75, 3.05) is 18.4 Å². The number of aromatic nitrogens is 2. The van der Waals surface area contributed by atoms with Gasteiger partial charge in [0.05, 0.1) is 5.92 Å². The molecule has 5 fully saturated rings. The van der Waals surface area contributed by atoms with E-state index in [1.54, 1.807) is 22.6 Å². The highest BCUT2D eigenvalue weighted by atomic mass is 19.4. The summed E-state index contributed by atoms with van der Waals surface area (Å²) in [5, 5.41) is 3.03. The van der Waals surface area contributed by atoms with Gasteiger partial charge in [0.25, 0.3) is 5.91 Å². The maximum atomic E-state index is 13.2. The number of rotatable bonds is 4. The predicted molar refractivity (Wildman–Crippen MR) is 124 cm³/mol. The minimum atomic E-state index is -4.31. The summed E-state index contributed by atoms with van der Waals surface area (Å²) in [4.78, 5) is 31.7. The van der Waals surface area contributed by atoms with Crippen molar-refractivity contribution in [2.24, 2.45) is 29.1 Å². The molecular weight excluding hydrogens is 457 g/mol. The van der Waals surface area contributed by atoms with Crippen LogP contribution in [-0.2, 0) is 4.79 Å². The van der Waals surface area contributed by atoms with Crippen molar-refractivity contribution in [2.45, 2.75) is 64.0 Å². The molecule has 3 heterocycles. The van der Waals surface area contributed by atoms with Crippen LogP contribution in [0.4, 0.5) is 19.0 Å². The molecule has 0 aromatic carbocycles. The number of hydrogen-bond donors (Lipinski definition) is 1. The number of carbonyl (C=O) groups is 2. The van der Waals surface area contributed by atoms with Crippen molar-refractivity contribution < 1.29 is 22.8 Å². The first kappa shape index (κ1) is 22.9. The molecule has 0 radical (unpaired) electrons. The van der Waals surface area contributed by atoms with E-state index in [9.17, 15) is 22.8 Å². The summed E-state index contributed by atoms with van der Waals surface area (Å²) in [5.74, 6) is 0.801. The molecule has 1 saturated heterocycles. The Labute approximate surface area is 202 Å². The highest BCUT2D eigenvalue weighted by molar-refractivity contribution is 5.94. The second kappa shape index (κ2) is 8.23. The summed E-state index contributed by atoms with van der Waals surface area (Å²) < 4.78 is 41.2. The molecule has 188 valence electrons. The fourth-order valence-corrected chi connectivity index (χ4v) is 7.84. The van der Waals surface area contributed by atoms with Gasteiger partial charge in [-0.2, -0.15) is 13.2 Å². The van der Waals surface area contributed by atoms with Crippen LogP contribution >= 0.6 is 0 Å². The number of carbonyl (C=O) groups excluding carboxylic acids is 2. The third kappa shape index (κ3) is 4.31. The molecular formula is C26H31F3N4O2. The average Bonchev–Trinajstić information content (AvgIpc) is 3.22. The van der Waals surface area contributed by atoms with E-state index in [2.05, 4.69) is 10.3 Å². The lowest BCUT2D eigenvalue weighted by Crippen LogP contribution is -2.47. The van der Waals surface area contributed by atoms with E-state index in [4.69, 9.17) is 0 Å². The number of halogens is 3. The summed E-state index contributed by atoms with van der Waals surface area (Å²) in [7, 11) is 0. The Hall–Kier alpha value is -2.58. The molecule has 1 N–H and O–H groups in total. The number of nitrogens with one attached hydrogen (secondary N) is 1. The van der Waals surface area contributed by atoms with Gasteiger partial charge in [0.15, 0.2) is 0 Å². The largest absolute Gasteiger partial charge is 0.393 e. The summed E-state index contributed by atoms with van der Waals surface area (Å²) >= 11 is 0. The average molecular weight is 489 g/mol. The molecule has 1 aliphatic heterocycles. The molecule has 7 rings (SSSR count). The molecule has 4 saturated carbocycles. The van der Waals surface area contributed by atoms with E-state index < -0.39 is 18.0 Å². The van der Waals surface area contributed by atoms with Gasteiger partial charge in [-0.1, -0.05) is 6.07 Å². The SMILES string of the molecule is O=C(CC12CC3CC(CC(C3)C1)C2)Nc1cccc2nc(C(=O)N3CCCC(C(F)(F)F)C3)cn12. The summed E-state index contributed by atoms with van der Waals surface area (Å²) in [6, 6.07) is 5.25. The molecule has 1 atom stereocenters. The predicted octanol–water partition coefficient (Wildman–Crippen LogP) is 5.29. The van der Waals surface area contributed by atoms with Crippen molar-refractivity contribution in [1.82, 2.24) is 14.3 Å². The highest BCUT2D eigenvalue weighted by Crippen LogP contribution is 2.61. The Balaban J connectivity index is 1.17. The fourth-order valence-electron chi connectivity index (χ4n) is 7.84. The topological polar surface area (TPSA) is 66.7 Å². The number of pyridine rings is 1. The molecule has 2 aromatic heterocycles. The molecule has 2 aromatic rings. The van der Waals surface area contributed by atoms with Gasteiger partial charge in [-0.25, -0.2) is 4.98 Å². The van der Waals surface area contributed by atoms with Gasteiger partial charge in [-0.3, -0.25) is 14.0 Å². The second-order valence-electron chi connectivity index (χ2n) is 11.5. The summed E-state index contributed by atoms with van der Waals surface area (Å²) in [6.45, 7) is -0.0567. The standard InChI is InChI=1S/C26H31F3N4O2/c27-26(28,29)19-3-2-6-32(14-19)24(35)20-15-33-21(30-20)4-1-5-22(33)31-23(34)13-25-10-16-7-17(11-25)9-18(8-16)12-25/h1,4-5,15-19H,2-3,6-14H2,(H,31,34). The third-order valence-electron chi connectivity index (χ3n) is 8.85. The third-order valence-corrected chi connectivity index (χ3v) is 8.85. The van der Waals surface area contributed by atoms with Crippen LogP contribution in [0.2, 0.25) is 0 Å². The van der Waals surface area contributed by atoms with Gasteiger partial charge in [0.2, 0.25) is 5.91 Å². The number of piperidine rings is 1. The minimum absolute atomic E-state index is 0.0231. The normalized spacial score (nSPS) is 32.3. The first-order valence-electron chi connectivity index (χ1n) is 12.8.